The highest BCUT2D eigenvalue weighted by atomic mass is 19.1. The summed E-state index contributed by atoms with van der Waals surface area (Å²) >= 11 is 0. The molecule has 1 aromatic rings. The minimum Gasteiger partial charge on any atom is -0.488 e. The van der Waals surface area contributed by atoms with Gasteiger partial charge in [-0.25, -0.2) is 8.78 Å². The summed E-state index contributed by atoms with van der Waals surface area (Å²) < 4.78 is 36.8. The van der Waals surface area contributed by atoms with Crippen molar-refractivity contribution in [3.05, 3.63) is 29.8 Å². The van der Waals surface area contributed by atoms with Crippen LogP contribution in [0.2, 0.25) is 0 Å². The summed E-state index contributed by atoms with van der Waals surface area (Å²) in [6, 6.07) is 2.97. The van der Waals surface area contributed by atoms with E-state index in [1.54, 1.807) is 6.92 Å². The van der Waals surface area contributed by atoms with Crippen molar-refractivity contribution in [3.63, 3.8) is 0 Å². The molecule has 0 aromatic heterocycles. The second kappa shape index (κ2) is 9.28. The molecule has 0 aliphatic carbocycles. The highest BCUT2D eigenvalue weighted by molar-refractivity contribution is 5.75. The molecule has 118 valence electrons. The van der Waals surface area contributed by atoms with Gasteiger partial charge in [-0.1, -0.05) is 13.0 Å². The second-order valence-corrected chi connectivity index (χ2v) is 4.45. The molecule has 0 bridgehead atoms. The molecule has 0 saturated carbocycles. The van der Waals surface area contributed by atoms with E-state index in [0.29, 0.717) is 6.54 Å². The Morgan fingerprint density at radius 1 is 1.29 bits per heavy atom. The molecule has 0 spiro atoms. The van der Waals surface area contributed by atoms with Gasteiger partial charge in [0.05, 0.1) is 13.2 Å². The lowest BCUT2D eigenvalue weighted by Gasteiger charge is -2.17. The quantitative estimate of drug-likeness (QED) is 0.712. The molecule has 0 aliphatic heterocycles. The number of ether oxygens (including phenoxy) is 2. The lowest BCUT2D eigenvalue weighted by atomic mass is 10.2. The predicted octanol–water partition coefficient (Wildman–Crippen LogP) is 2.67. The van der Waals surface area contributed by atoms with Gasteiger partial charge < -0.3 is 14.8 Å². The third kappa shape index (κ3) is 5.67. The highest BCUT2D eigenvalue weighted by Crippen LogP contribution is 2.21. The molecule has 0 radical (unpaired) electrons. The van der Waals surface area contributed by atoms with E-state index in [9.17, 15) is 13.6 Å². The van der Waals surface area contributed by atoms with Gasteiger partial charge in [-0.05, 0) is 32.0 Å². The Kier molecular flexibility index (Phi) is 7.68. The van der Waals surface area contributed by atoms with Gasteiger partial charge in [-0.3, -0.25) is 4.79 Å². The number of para-hydroxylation sites is 1. The molecular formula is C15H21F2NO3. The van der Waals surface area contributed by atoms with Crippen LogP contribution in [-0.2, 0) is 9.53 Å². The standard InChI is InChI=1S/C15H21F2NO3/c1-3-9-18-13(15(19)20-4-2)8-10-21-14-11(16)6-5-7-12(14)17/h5-7,13,18H,3-4,8-10H2,1-2H3. The van der Waals surface area contributed by atoms with Crippen LogP contribution >= 0.6 is 0 Å². The van der Waals surface area contributed by atoms with Crippen molar-refractivity contribution < 1.29 is 23.0 Å². The van der Waals surface area contributed by atoms with Crippen molar-refractivity contribution in [2.24, 2.45) is 0 Å². The number of halogens is 2. The van der Waals surface area contributed by atoms with Gasteiger partial charge >= 0.3 is 5.97 Å². The molecule has 1 unspecified atom stereocenters. The van der Waals surface area contributed by atoms with E-state index >= 15 is 0 Å². The van der Waals surface area contributed by atoms with Crippen molar-refractivity contribution in [2.45, 2.75) is 32.7 Å². The third-order valence-corrected chi connectivity index (χ3v) is 2.78. The molecule has 0 aliphatic rings. The van der Waals surface area contributed by atoms with Crippen molar-refractivity contribution >= 4 is 5.97 Å². The van der Waals surface area contributed by atoms with E-state index in [1.165, 1.54) is 6.07 Å². The van der Waals surface area contributed by atoms with Crippen molar-refractivity contribution in [3.8, 4) is 5.75 Å². The zero-order valence-corrected chi connectivity index (χ0v) is 12.3. The SMILES string of the molecule is CCCNC(CCOc1c(F)cccc1F)C(=O)OCC. The summed E-state index contributed by atoms with van der Waals surface area (Å²) in [6.45, 7) is 4.64. The van der Waals surface area contributed by atoms with Crippen LogP contribution < -0.4 is 10.1 Å². The minimum atomic E-state index is -0.760. The van der Waals surface area contributed by atoms with Crippen LogP contribution in [0, 0.1) is 11.6 Å². The molecule has 1 aromatic carbocycles. The first-order valence-corrected chi connectivity index (χ1v) is 7.07. The normalized spacial score (nSPS) is 12.0. The lowest BCUT2D eigenvalue weighted by molar-refractivity contribution is -0.146. The summed E-state index contributed by atoms with van der Waals surface area (Å²) in [4.78, 5) is 11.7. The maximum absolute atomic E-state index is 13.4. The second-order valence-electron chi connectivity index (χ2n) is 4.45. The Morgan fingerprint density at radius 2 is 1.95 bits per heavy atom. The molecule has 1 N–H and O–H groups in total. The van der Waals surface area contributed by atoms with E-state index in [2.05, 4.69) is 5.32 Å². The Labute approximate surface area is 123 Å². The van der Waals surface area contributed by atoms with Crippen LogP contribution in [0.3, 0.4) is 0 Å². The van der Waals surface area contributed by atoms with Gasteiger partial charge in [0.2, 0.25) is 0 Å². The van der Waals surface area contributed by atoms with E-state index < -0.39 is 23.4 Å². The topological polar surface area (TPSA) is 47.6 Å². The van der Waals surface area contributed by atoms with Crippen molar-refractivity contribution in [1.82, 2.24) is 5.32 Å². The van der Waals surface area contributed by atoms with E-state index in [1.807, 2.05) is 6.92 Å². The summed E-state index contributed by atoms with van der Waals surface area (Å²) in [7, 11) is 0. The molecule has 0 heterocycles. The molecule has 6 heteroatoms. The average molecular weight is 301 g/mol. The molecule has 0 saturated heterocycles. The van der Waals surface area contributed by atoms with Crippen LogP contribution in [0.15, 0.2) is 18.2 Å². The maximum atomic E-state index is 13.4. The minimum absolute atomic E-state index is 0.0120. The van der Waals surface area contributed by atoms with Gasteiger partial charge in [0, 0.05) is 6.42 Å². The van der Waals surface area contributed by atoms with Crippen molar-refractivity contribution in [1.29, 1.82) is 0 Å². The Hall–Kier alpha value is -1.69. The molecule has 1 atom stereocenters. The summed E-state index contributed by atoms with van der Waals surface area (Å²) in [5.74, 6) is -2.33. The van der Waals surface area contributed by atoms with Crippen LogP contribution in [0.5, 0.6) is 5.75 Å². The Bertz CT molecular complexity index is 434. The zero-order valence-electron chi connectivity index (χ0n) is 12.3. The van der Waals surface area contributed by atoms with E-state index in [0.717, 1.165) is 18.6 Å². The number of hydrogen-bond acceptors (Lipinski definition) is 4. The summed E-state index contributed by atoms with van der Waals surface area (Å²) in [5.41, 5.74) is 0. The first-order chi connectivity index (χ1) is 10.1. The summed E-state index contributed by atoms with van der Waals surface area (Å²) in [6.07, 6.45) is 1.13. The fourth-order valence-electron chi connectivity index (χ4n) is 1.76. The molecule has 21 heavy (non-hydrogen) atoms. The number of nitrogens with one attached hydrogen (secondary N) is 1. The number of hydrogen-bond donors (Lipinski definition) is 1. The first kappa shape index (κ1) is 17.4. The molecule has 1 rings (SSSR count). The number of rotatable bonds is 9. The van der Waals surface area contributed by atoms with Crippen LogP contribution in [0.1, 0.15) is 26.7 Å². The number of carbonyl (C=O) groups excluding carboxylic acids is 1. The fourth-order valence-corrected chi connectivity index (χ4v) is 1.76. The van der Waals surface area contributed by atoms with E-state index in [4.69, 9.17) is 9.47 Å². The number of esters is 1. The number of benzene rings is 1. The number of carbonyl (C=O) groups is 1. The molecule has 0 fully saturated rings. The highest BCUT2D eigenvalue weighted by Gasteiger charge is 2.19. The molecule has 0 amide bonds. The third-order valence-electron chi connectivity index (χ3n) is 2.78. The van der Waals surface area contributed by atoms with Gasteiger partial charge in [0.1, 0.15) is 6.04 Å². The fraction of sp³-hybridized carbons (Fsp3) is 0.533. The Balaban J connectivity index is 2.54. The van der Waals surface area contributed by atoms with Gasteiger partial charge in [0.15, 0.2) is 17.4 Å². The zero-order chi connectivity index (χ0) is 15.7. The van der Waals surface area contributed by atoms with Crippen LogP contribution in [-0.4, -0.2) is 31.8 Å². The summed E-state index contributed by atoms with van der Waals surface area (Å²) in [5, 5.41) is 3.03. The van der Waals surface area contributed by atoms with Gasteiger partial charge in [-0.15, -0.1) is 0 Å². The molecular weight excluding hydrogens is 280 g/mol. The van der Waals surface area contributed by atoms with Crippen LogP contribution in [0.4, 0.5) is 8.78 Å². The van der Waals surface area contributed by atoms with Gasteiger partial charge in [-0.2, -0.15) is 0 Å². The molecule has 4 nitrogen and oxygen atoms in total. The first-order valence-electron chi connectivity index (χ1n) is 7.07. The van der Waals surface area contributed by atoms with E-state index in [-0.39, 0.29) is 25.6 Å². The lowest BCUT2D eigenvalue weighted by Crippen LogP contribution is -2.39. The Morgan fingerprint density at radius 3 is 2.52 bits per heavy atom. The smallest absolute Gasteiger partial charge is 0.323 e. The predicted molar refractivity (Wildman–Crippen MR) is 75.2 cm³/mol. The maximum Gasteiger partial charge on any atom is 0.323 e. The van der Waals surface area contributed by atoms with Gasteiger partial charge in [0.25, 0.3) is 0 Å². The average Bonchev–Trinajstić information content (AvgIpc) is 2.45. The van der Waals surface area contributed by atoms with Crippen LogP contribution in [0.25, 0.3) is 0 Å². The van der Waals surface area contributed by atoms with Crippen molar-refractivity contribution in [2.75, 3.05) is 19.8 Å². The largest absolute Gasteiger partial charge is 0.488 e. The monoisotopic (exact) mass is 301 g/mol.